The van der Waals surface area contributed by atoms with E-state index >= 15 is 0 Å². The molecule has 0 heterocycles. The van der Waals surface area contributed by atoms with Crippen molar-refractivity contribution in [1.82, 2.24) is 0 Å². The van der Waals surface area contributed by atoms with Crippen LogP contribution in [0.4, 0.5) is 4.39 Å². The molecule has 0 aliphatic heterocycles. The van der Waals surface area contributed by atoms with E-state index in [4.69, 9.17) is 5.73 Å². The van der Waals surface area contributed by atoms with E-state index in [1.54, 1.807) is 0 Å². The second-order valence-electron chi connectivity index (χ2n) is 3.46. The fourth-order valence-electron chi connectivity index (χ4n) is 1.27. The molecule has 72 valence electrons. The molecule has 1 aromatic carbocycles. The number of nitrogens with two attached hydrogens (primary N) is 1. The van der Waals surface area contributed by atoms with E-state index in [1.165, 1.54) is 11.1 Å². The van der Waals surface area contributed by atoms with Crippen molar-refractivity contribution in [2.75, 3.05) is 6.54 Å². The molecule has 2 heteroatoms. The highest BCUT2D eigenvalue weighted by Gasteiger charge is 2.05. The summed E-state index contributed by atoms with van der Waals surface area (Å²) in [6.07, 6.45) is -0.487. The lowest BCUT2D eigenvalue weighted by molar-refractivity contribution is 0.340. The minimum absolute atomic E-state index is 0.104. The fourth-order valence-corrected chi connectivity index (χ4v) is 1.27. The molecular weight excluding hydrogens is 165 g/mol. The standard InChI is InChI=1S/C11H16FN/c1-8-3-4-10(5-9(8)2)6-11(12)7-13/h3-5,11H,6-7,13H2,1-2H3. The van der Waals surface area contributed by atoms with Gasteiger partial charge < -0.3 is 5.73 Å². The van der Waals surface area contributed by atoms with Crippen molar-refractivity contribution in [2.24, 2.45) is 5.73 Å². The van der Waals surface area contributed by atoms with Crippen LogP contribution in [0.5, 0.6) is 0 Å². The zero-order valence-corrected chi connectivity index (χ0v) is 8.18. The first-order valence-electron chi connectivity index (χ1n) is 4.53. The lowest BCUT2D eigenvalue weighted by Gasteiger charge is -2.07. The molecule has 1 rings (SSSR count). The molecule has 1 nitrogen and oxygen atoms in total. The van der Waals surface area contributed by atoms with Gasteiger partial charge in [-0.2, -0.15) is 0 Å². The maximum Gasteiger partial charge on any atom is 0.116 e. The van der Waals surface area contributed by atoms with Crippen LogP contribution in [0.25, 0.3) is 0 Å². The highest BCUT2D eigenvalue weighted by Crippen LogP contribution is 2.12. The van der Waals surface area contributed by atoms with E-state index in [2.05, 4.69) is 6.92 Å². The van der Waals surface area contributed by atoms with Crippen LogP contribution in [0.3, 0.4) is 0 Å². The summed E-state index contributed by atoms with van der Waals surface area (Å²) in [5.41, 5.74) is 8.69. The summed E-state index contributed by atoms with van der Waals surface area (Å²) in [6, 6.07) is 6.01. The van der Waals surface area contributed by atoms with Crippen molar-refractivity contribution in [3.63, 3.8) is 0 Å². The van der Waals surface area contributed by atoms with Crippen LogP contribution >= 0.6 is 0 Å². The van der Waals surface area contributed by atoms with Crippen molar-refractivity contribution in [2.45, 2.75) is 26.4 Å². The van der Waals surface area contributed by atoms with Gasteiger partial charge in [0, 0.05) is 13.0 Å². The predicted octanol–water partition coefficient (Wildman–Crippen LogP) is 2.14. The van der Waals surface area contributed by atoms with E-state index in [1.807, 2.05) is 25.1 Å². The largest absolute Gasteiger partial charge is 0.328 e. The Kier molecular flexibility index (Phi) is 3.43. The molecule has 1 atom stereocenters. The molecule has 0 saturated heterocycles. The summed E-state index contributed by atoms with van der Waals surface area (Å²) in [4.78, 5) is 0. The maximum atomic E-state index is 12.9. The van der Waals surface area contributed by atoms with E-state index in [9.17, 15) is 4.39 Å². The summed E-state index contributed by atoms with van der Waals surface area (Å²) in [5.74, 6) is 0. The van der Waals surface area contributed by atoms with Gasteiger partial charge in [-0.25, -0.2) is 4.39 Å². The second kappa shape index (κ2) is 4.38. The van der Waals surface area contributed by atoms with Gasteiger partial charge in [0.05, 0.1) is 0 Å². The number of hydrogen-bond donors (Lipinski definition) is 1. The van der Waals surface area contributed by atoms with Crippen LogP contribution in [-0.4, -0.2) is 12.7 Å². The molecule has 0 aromatic heterocycles. The van der Waals surface area contributed by atoms with Crippen LogP contribution in [0.15, 0.2) is 18.2 Å². The highest BCUT2D eigenvalue weighted by atomic mass is 19.1. The molecule has 0 bridgehead atoms. The lowest BCUT2D eigenvalue weighted by Crippen LogP contribution is -2.17. The molecule has 2 N–H and O–H groups in total. The number of alkyl halides is 1. The van der Waals surface area contributed by atoms with E-state index in [0.717, 1.165) is 5.56 Å². The fraction of sp³-hybridized carbons (Fsp3) is 0.455. The molecule has 1 aromatic rings. The van der Waals surface area contributed by atoms with Gasteiger partial charge in [0.2, 0.25) is 0 Å². The Morgan fingerprint density at radius 1 is 1.31 bits per heavy atom. The Hall–Kier alpha value is -0.890. The van der Waals surface area contributed by atoms with Crippen LogP contribution in [0, 0.1) is 13.8 Å². The van der Waals surface area contributed by atoms with Crippen molar-refractivity contribution in [3.8, 4) is 0 Å². The monoisotopic (exact) mass is 181 g/mol. The van der Waals surface area contributed by atoms with Gasteiger partial charge >= 0.3 is 0 Å². The Balaban J connectivity index is 2.73. The van der Waals surface area contributed by atoms with E-state index in [0.29, 0.717) is 6.42 Å². The third-order valence-corrected chi connectivity index (χ3v) is 2.28. The molecule has 13 heavy (non-hydrogen) atoms. The Labute approximate surface area is 78.8 Å². The van der Waals surface area contributed by atoms with E-state index < -0.39 is 6.17 Å². The third-order valence-electron chi connectivity index (χ3n) is 2.28. The molecule has 0 aliphatic carbocycles. The average Bonchev–Trinajstić information content (AvgIpc) is 2.11. The molecule has 0 aliphatic rings. The zero-order chi connectivity index (χ0) is 9.84. The quantitative estimate of drug-likeness (QED) is 0.759. The van der Waals surface area contributed by atoms with Gasteiger partial charge in [-0.15, -0.1) is 0 Å². The minimum atomic E-state index is -0.915. The summed E-state index contributed by atoms with van der Waals surface area (Å²) in [7, 11) is 0. The molecule has 1 unspecified atom stereocenters. The SMILES string of the molecule is Cc1ccc(CC(F)CN)cc1C. The summed E-state index contributed by atoms with van der Waals surface area (Å²) >= 11 is 0. The topological polar surface area (TPSA) is 26.0 Å². The molecule has 0 amide bonds. The highest BCUT2D eigenvalue weighted by molar-refractivity contribution is 5.30. The van der Waals surface area contributed by atoms with Crippen molar-refractivity contribution in [1.29, 1.82) is 0 Å². The van der Waals surface area contributed by atoms with Crippen LogP contribution in [0.1, 0.15) is 16.7 Å². The van der Waals surface area contributed by atoms with Gasteiger partial charge in [0.25, 0.3) is 0 Å². The van der Waals surface area contributed by atoms with Gasteiger partial charge in [-0.1, -0.05) is 18.2 Å². The number of rotatable bonds is 3. The van der Waals surface area contributed by atoms with Gasteiger partial charge in [-0.05, 0) is 30.5 Å². The van der Waals surface area contributed by atoms with Gasteiger partial charge in [0.1, 0.15) is 6.17 Å². The molecule has 0 radical (unpaired) electrons. The number of hydrogen-bond acceptors (Lipinski definition) is 1. The van der Waals surface area contributed by atoms with Crippen molar-refractivity contribution >= 4 is 0 Å². The van der Waals surface area contributed by atoms with Gasteiger partial charge in [-0.3, -0.25) is 0 Å². The van der Waals surface area contributed by atoms with E-state index in [-0.39, 0.29) is 6.54 Å². The Morgan fingerprint density at radius 2 is 2.00 bits per heavy atom. The smallest absolute Gasteiger partial charge is 0.116 e. The molecule has 0 saturated carbocycles. The Morgan fingerprint density at radius 3 is 2.54 bits per heavy atom. The molecule has 0 spiro atoms. The van der Waals surface area contributed by atoms with Crippen molar-refractivity contribution in [3.05, 3.63) is 34.9 Å². The normalized spacial score (nSPS) is 12.9. The van der Waals surface area contributed by atoms with Crippen LogP contribution in [0.2, 0.25) is 0 Å². The predicted molar refractivity (Wildman–Crippen MR) is 53.6 cm³/mol. The number of benzene rings is 1. The molecular formula is C11H16FN. The van der Waals surface area contributed by atoms with Crippen molar-refractivity contribution < 1.29 is 4.39 Å². The van der Waals surface area contributed by atoms with Crippen LogP contribution in [-0.2, 0) is 6.42 Å². The Bertz CT molecular complexity index is 283. The molecule has 0 fully saturated rings. The minimum Gasteiger partial charge on any atom is -0.328 e. The summed E-state index contributed by atoms with van der Waals surface area (Å²) in [5, 5.41) is 0. The first-order valence-corrected chi connectivity index (χ1v) is 4.53. The second-order valence-corrected chi connectivity index (χ2v) is 3.46. The summed E-state index contributed by atoms with van der Waals surface area (Å²) < 4.78 is 12.9. The first kappa shape index (κ1) is 10.2. The first-order chi connectivity index (χ1) is 6.13. The number of aryl methyl sites for hydroxylation is 2. The summed E-state index contributed by atoms with van der Waals surface area (Å²) in [6.45, 7) is 4.19. The maximum absolute atomic E-state index is 12.9. The average molecular weight is 181 g/mol. The van der Waals surface area contributed by atoms with Crippen LogP contribution < -0.4 is 5.73 Å². The lowest BCUT2D eigenvalue weighted by atomic mass is 10.0. The third kappa shape index (κ3) is 2.81. The number of halogens is 1. The van der Waals surface area contributed by atoms with Gasteiger partial charge in [0.15, 0.2) is 0 Å². The zero-order valence-electron chi connectivity index (χ0n) is 8.18.